The van der Waals surface area contributed by atoms with Crippen molar-refractivity contribution >= 4 is 66.9 Å². The van der Waals surface area contributed by atoms with Gasteiger partial charge in [0, 0.05) is 43.7 Å². The molecule has 76 heavy (non-hydrogen) atoms. The molecule has 0 radical (unpaired) electrons. The minimum absolute atomic E-state index is 0.00544. The first kappa shape index (κ1) is 46.7. The number of fused-ring (bicyclic) bond motifs is 13. The van der Waals surface area contributed by atoms with Gasteiger partial charge in [0.1, 0.15) is 0 Å². The zero-order valence-corrected chi connectivity index (χ0v) is 47.1. The molecule has 6 aliphatic rings. The SMILES string of the molecule is CCCCc1ccc(N2c3sc4cc5c6cc4c3B3c4c(cc7c(c42)C(C)(C)c2ccccc2-7)-c2cc(-c4ccccc4)ccc2N3c2cc3c(c(c2)C6(C)CCC5(C)C)C(C)(C)CCC3(C)C)c(-c2ccccc2)c1. The van der Waals surface area contributed by atoms with Gasteiger partial charge in [-0.3, -0.25) is 0 Å². The summed E-state index contributed by atoms with van der Waals surface area (Å²) in [6.45, 7) is 25.1. The van der Waals surface area contributed by atoms with Crippen molar-refractivity contribution in [2.75, 3.05) is 9.71 Å². The van der Waals surface area contributed by atoms with Crippen LogP contribution in [0.3, 0.4) is 0 Å². The molecule has 376 valence electrons. The van der Waals surface area contributed by atoms with Crippen LogP contribution in [-0.4, -0.2) is 6.85 Å². The summed E-state index contributed by atoms with van der Waals surface area (Å²) < 4.78 is 1.40. The Labute approximate surface area is 456 Å². The standard InChI is InChI=1S/C72H69BN2S/c1-11-12-21-43-28-30-59(49(36-43)45-24-17-14-18-25-45)74-66-62-51(48-26-19-20-27-54(48)71(62,8)9)40-52-50-37-46(44-22-15-13-16-23-44)29-31-60(50)75-47-38-57-63(70(6,7)33-32-69(57,4)5)58(39-47)72(10)35-34-68(2,3)55-42-61-53(41-56(55)72)65(67(74)76-61)73(75)64(52)66/h13-20,22-31,36-42H,11-12,21,32-35H2,1-10H3. The van der Waals surface area contributed by atoms with Crippen LogP contribution in [0.5, 0.6) is 0 Å². The van der Waals surface area contributed by atoms with Gasteiger partial charge in [-0.15, -0.1) is 11.3 Å². The monoisotopic (exact) mass is 1000 g/mol. The molecule has 1 unspecified atom stereocenters. The van der Waals surface area contributed by atoms with Crippen LogP contribution in [0.4, 0.5) is 27.8 Å². The van der Waals surface area contributed by atoms with Crippen LogP contribution < -0.4 is 20.6 Å². The van der Waals surface area contributed by atoms with Crippen LogP contribution in [0, 0.1) is 0 Å². The number of anilines is 5. The summed E-state index contributed by atoms with van der Waals surface area (Å²) in [5, 5.41) is 2.78. The quantitative estimate of drug-likeness (QED) is 0.153. The van der Waals surface area contributed by atoms with E-state index >= 15 is 0 Å². The number of aryl methyl sites for hydroxylation is 1. The average Bonchev–Trinajstić information content (AvgIpc) is 3.99. The van der Waals surface area contributed by atoms with Crippen molar-refractivity contribution in [1.82, 2.24) is 0 Å². The largest absolute Gasteiger partial charge is 0.376 e. The van der Waals surface area contributed by atoms with Crippen molar-refractivity contribution in [3.63, 3.8) is 0 Å². The molecule has 0 N–H and O–H groups in total. The van der Waals surface area contributed by atoms with Crippen LogP contribution in [0.15, 0.2) is 152 Å². The third kappa shape index (κ3) is 6.23. The predicted molar refractivity (Wildman–Crippen MR) is 327 cm³/mol. The number of thiophene rings is 1. The van der Waals surface area contributed by atoms with Gasteiger partial charge < -0.3 is 9.71 Å². The molecule has 0 spiro atoms. The molecule has 3 aliphatic heterocycles. The van der Waals surface area contributed by atoms with Crippen LogP contribution >= 0.6 is 11.3 Å². The van der Waals surface area contributed by atoms with Gasteiger partial charge in [0.05, 0.1) is 10.7 Å². The van der Waals surface area contributed by atoms with Gasteiger partial charge in [-0.05, 0) is 204 Å². The van der Waals surface area contributed by atoms with Gasteiger partial charge in [-0.1, -0.05) is 173 Å². The Morgan fingerprint density at radius 3 is 1.95 bits per heavy atom. The fourth-order valence-electron chi connectivity index (χ4n) is 15.8. The summed E-state index contributed by atoms with van der Waals surface area (Å²) in [6, 6.07) is 60.3. The van der Waals surface area contributed by atoms with Crippen LogP contribution in [0.25, 0.3) is 54.6 Å². The van der Waals surface area contributed by atoms with E-state index < -0.39 is 0 Å². The summed E-state index contributed by atoms with van der Waals surface area (Å²) in [5.41, 5.74) is 30.2. The first-order chi connectivity index (χ1) is 36.5. The number of benzene rings is 8. The molecule has 0 saturated heterocycles. The fourth-order valence-corrected chi connectivity index (χ4v) is 17.1. The summed E-state index contributed by atoms with van der Waals surface area (Å²) in [6.07, 6.45) is 8.01. The van der Waals surface area contributed by atoms with Crippen molar-refractivity contribution in [2.24, 2.45) is 0 Å². The molecule has 15 rings (SSSR count). The molecule has 0 saturated carbocycles. The molecule has 1 atom stereocenters. The Hall–Kier alpha value is -6.62. The first-order valence-electron chi connectivity index (χ1n) is 28.6. The van der Waals surface area contributed by atoms with E-state index in [9.17, 15) is 0 Å². The summed E-state index contributed by atoms with van der Waals surface area (Å²) >= 11 is 2.05. The van der Waals surface area contributed by atoms with E-state index in [1.165, 1.54) is 141 Å². The second kappa shape index (κ2) is 15.8. The Morgan fingerprint density at radius 2 is 1.17 bits per heavy atom. The summed E-state index contributed by atoms with van der Waals surface area (Å²) in [5.74, 6) is 0. The summed E-state index contributed by atoms with van der Waals surface area (Å²) in [4.78, 5) is 5.71. The van der Waals surface area contributed by atoms with Crippen LogP contribution in [-0.2, 0) is 33.5 Å². The Bertz CT molecular complexity index is 3970. The molecular formula is C72H69BN2S. The highest BCUT2D eigenvalue weighted by molar-refractivity contribution is 7.26. The van der Waals surface area contributed by atoms with Crippen LogP contribution in [0.1, 0.15) is 152 Å². The van der Waals surface area contributed by atoms with Crippen molar-refractivity contribution < 1.29 is 0 Å². The van der Waals surface area contributed by atoms with Gasteiger partial charge in [-0.2, -0.15) is 0 Å². The Balaban J connectivity index is 1.16. The zero-order valence-electron chi connectivity index (χ0n) is 46.3. The Kier molecular flexibility index (Phi) is 9.67. The van der Waals surface area contributed by atoms with E-state index in [1.54, 1.807) is 22.3 Å². The number of unbranched alkanes of at least 4 members (excludes halogenated alkanes) is 1. The molecule has 4 bridgehead atoms. The van der Waals surface area contributed by atoms with Crippen molar-refractivity contribution in [3.8, 4) is 44.5 Å². The highest BCUT2D eigenvalue weighted by Crippen LogP contribution is 2.63. The van der Waals surface area contributed by atoms with Gasteiger partial charge in [0.25, 0.3) is 0 Å². The molecule has 4 heteroatoms. The number of hydrogen-bond acceptors (Lipinski definition) is 3. The van der Waals surface area contributed by atoms with E-state index in [-0.39, 0.29) is 33.9 Å². The lowest BCUT2D eigenvalue weighted by molar-refractivity contribution is 0.312. The van der Waals surface area contributed by atoms with Gasteiger partial charge in [0.2, 0.25) is 0 Å². The van der Waals surface area contributed by atoms with Gasteiger partial charge in [-0.25, -0.2) is 0 Å². The predicted octanol–water partition coefficient (Wildman–Crippen LogP) is 18.6. The molecule has 4 heterocycles. The number of nitrogens with zero attached hydrogens (tertiary/aromatic N) is 2. The summed E-state index contributed by atoms with van der Waals surface area (Å²) in [7, 11) is 0. The van der Waals surface area contributed by atoms with Crippen LogP contribution in [0.2, 0.25) is 0 Å². The average molecular weight is 1010 g/mol. The smallest absolute Gasteiger partial charge is 0.334 e. The molecule has 0 fully saturated rings. The molecule has 0 amide bonds. The lowest BCUT2D eigenvalue weighted by Crippen LogP contribution is -2.62. The topological polar surface area (TPSA) is 6.48 Å². The normalized spacial score (nSPS) is 19.8. The van der Waals surface area contributed by atoms with Gasteiger partial charge >= 0.3 is 6.85 Å². The minimum atomic E-state index is -0.288. The lowest BCUT2D eigenvalue weighted by Gasteiger charge is -2.51. The molecule has 1 aromatic heterocycles. The van der Waals surface area contributed by atoms with Gasteiger partial charge in [0.15, 0.2) is 0 Å². The second-order valence-corrected chi connectivity index (χ2v) is 27.5. The molecule has 8 aromatic carbocycles. The lowest BCUT2D eigenvalue weighted by atomic mass is 9.42. The number of rotatable bonds is 6. The van der Waals surface area contributed by atoms with E-state index in [0.717, 1.165) is 19.3 Å². The third-order valence-electron chi connectivity index (χ3n) is 20.1. The maximum absolute atomic E-state index is 2.88. The number of hydrogen-bond donors (Lipinski definition) is 0. The van der Waals surface area contributed by atoms with E-state index in [2.05, 4.69) is 242 Å². The first-order valence-corrected chi connectivity index (χ1v) is 29.4. The van der Waals surface area contributed by atoms with Crippen molar-refractivity contribution in [2.45, 2.75) is 141 Å². The maximum Gasteiger partial charge on any atom is 0.334 e. The molecule has 2 nitrogen and oxygen atoms in total. The van der Waals surface area contributed by atoms with Crippen molar-refractivity contribution in [3.05, 3.63) is 196 Å². The second-order valence-electron chi connectivity index (χ2n) is 26.4. The Morgan fingerprint density at radius 1 is 0.487 bits per heavy atom. The molecular weight excluding hydrogens is 936 g/mol. The fraction of sp³-hybridized carbons (Fsp3) is 0.306. The van der Waals surface area contributed by atoms with Crippen molar-refractivity contribution in [1.29, 1.82) is 0 Å². The van der Waals surface area contributed by atoms with E-state index in [4.69, 9.17) is 0 Å². The van der Waals surface area contributed by atoms with E-state index in [0.29, 0.717) is 0 Å². The minimum Gasteiger partial charge on any atom is -0.376 e. The third-order valence-corrected chi connectivity index (χ3v) is 21.3. The highest BCUT2D eigenvalue weighted by Gasteiger charge is 2.54. The zero-order chi connectivity index (χ0) is 52.0. The molecule has 9 aromatic rings. The molecule has 3 aliphatic carbocycles. The highest BCUT2D eigenvalue weighted by atomic mass is 32.1. The maximum atomic E-state index is 2.88. The van der Waals surface area contributed by atoms with E-state index in [1.807, 2.05) is 0 Å².